The Morgan fingerprint density at radius 3 is 2.50 bits per heavy atom. The van der Waals surface area contributed by atoms with Gasteiger partial charge in [0.15, 0.2) is 5.96 Å². The van der Waals surface area contributed by atoms with E-state index in [2.05, 4.69) is 45.0 Å². The number of hydrogen-bond acceptors (Lipinski definition) is 4. The Kier molecular flexibility index (Phi) is 10.9. The molecule has 0 aromatic carbocycles. The third-order valence-electron chi connectivity index (χ3n) is 6.25. The third kappa shape index (κ3) is 8.00. The van der Waals surface area contributed by atoms with Crippen LogP contribution in [0.15, 0.2) is 22.5 Å². The van der Waals surface area contributed by atoms with Gasteiger partial charge in [0.05, 0.1) is 6.54 Å². The minimum atomic E-state index is 0. The first-order valence-electron chi connectivity index (χ1n) is 11.0. The third-order valence-corrected chi connectivity index (χ3v) is 7.13. The van der Waals surface area contributed by atoms with E-state index in [4.69, 9.17) is 0 Å². The van der Waals surface area contributed by atoms with E-state index in [1.54, 1.807) is 30.3 Å². The predicted octanol–water partition coefficient (Wildman–Crippen LogP) is 3.53. The van der Waals surface area contributed by atoms with Gasteiger partial charge in [-0.25, -0.2) is 4.99 Å². The number of thiophene rings is 1. The van der Waals surface area contributed by atoms with Gasteiger partial charge in [-0.15, -0.1) is 35.3 Å². The van der Waals surface area contributed by atoms with Gasteiger partial charge >= 0.3 is 0 Å². The SMILES string of the molecule is CC1CCN(C2CCC(NC(=NCC(=O)N(C)C)NCc3cccs3)CC2)CC1.I. The number of nitrogens with zero attached hydrogens (tertiary/aromatic N) is 3. The van der Waals surface area contributed by atoms with Gasteiger partial charge in [0.1, 0.15) is 6.54 Å². The summed E-state index contributed by atoms with van der Waals surface area (Å²) < 4.78 is 0. The van der Waals surface area contributed by atoms with Crippen molar-refractivity contribution in [1.82, 2.24) is 20.4 Å². The number of likely N-dealkylation sites (N-methyl/N-ethyl adjacent to an activating group) is 1. The molecule has 170 valence electrons. The fraction of sp³-hybridized carbons (Fsp3) is 0.727. The molecule has 2 heterocycles. The second-order valence-corrected chi connectivity index (χ2v) is 9.79. The van der Waals surface area contributed by atoms with Gasteiger partial charge in [0, 0.05) is 31.1 Å². The number of nitrogens with one attached hydrogen (secondary N) is 2. The average molecular weight is 548 g/mol. The quantitative estimate of drug-likeness (QED) is 0.325. The molecule has 6 nitrogen and oxygen atoms in total. The zero-order chi connectivity index (χ0) is 20.6. The predicted molar refractivity (Wildman–Crippen MR) is 137 cm³/mol. The highest BCUT2D eigenvalue weighted by Gasteiger charge is 2.28. The summed E-state index contributed by atoms with van der Waals surface area (Å²) in [5.41, 5.74) is 0. The lowest BCUT2D eigenvalue weighted by Gasteiger charge is -2.40. The number of likely N-dealkylation sites (tertiary alicyclic amines) is 1. The monoisotopic (exact) mass is 547 g/mol. The van der Waals surface area contributed by atoms with Gasteiger partial charge in [0.2, 0.25) is 5.91 Å². The molecule has 8 heteroatoms. The molecule has 2 aliphatic rings. The van der Waals surface area contributed by atoms with Crippen LogP contribution in [-0.4, -0.2) is 67.5 Å². The molecule has 30 heavy (non-hydrogen) atoms. The number of rotatable bonds is 6. The van der Waals surface area contributed by atoms with Gasteiger partial charge in [-0.2, -0.15) is 0 Å². The molecule has 0 unspecified atom stereocenters. The first-order valence-corrected chi connectivity index (χ1v) is 11.9. The van der Waals surface area contributed by atoms with E-state index in [0.29, 0.717) is 6.04 Å². The van der Waals surface area contributed by atoms with Crippen LogP contribution >= 0.6 is 35.3 Å². The van der Waals surface area contributed by atoms with Crippen LogP contribution in [-0.2, 0) is 11.3 Å². The molecule has 1 saturated carbocycles. The van der Waals surface area contributed by atoms with Gasteiger partial charge in [-0.1, -0.05) is 13.0 Å². The van der Waals surface area contributed by atoms with Crippen LogP contribution in [0.4, 0.5) is 0 Å². The smallest absolute Gasteiger partial charge is 0.243 e. The minimum Gasteiger partial charge on any atom is -0.354 e. The summed E-state index contributed by atoms with van der Waals surface area (Å²) in [5, 5.41) is 9.09. The van der Waals surface area contributed by atoms with Crippen LogP contribution in [0.3, 0.4) is 0 Å². The molecular formula is C22H38IN5OS. The molecular weight excluding hydrogens is 509 g/mol. The molecule has 0 spiro atoms. The molecule has 0 radical (unpaired) electrons. The topological polar surface area (TPSA) is 60.0 Å². The molecule has 0 bridgehead atoms. The van der Waals surface area contributed by atoms with Gasteiger partial charge in [-0.05, 0) is 69.0 Å². The Bertz CT molecular complexity index is 650. The van der Waals surface area contributed by atoms with Crippen molar-refractivity contribution in [2.75, 3.05) is 33.7 Å². The molecule has 1 saturated heterocycles. The highest BCUT2D eigenvalue weighted by molar-refractivity contribution is 14.0. The second-order valence-electron chi connectivity index (χ2n) is 8.75. The normalized spacial score (nSPS) is 23.5. The summed E-state index contributed by atoms with van der Waals surface area (Å²) in [7, 11) is 3.54. The van der Waals surface area contributed by atoms with E-state index >= 15 is 0 Å². The standard InChI is InChI=1S/C22H37N5OS.HI/c1-17-10-12-27(13-11-17)19-8-6-18(7-9-19)25-22(24-16-21(28)26(2)3)23-15-20-5-4-14-29-20;/h4-5,14,17-19H,6-13,15-16H2,1-3H3,(H2,23,24,25);1H. The zero-order valence-electron chi connectivity index (χ0n) is 18.6. The number of aliphatic imine (C=N–C) groups is 1. The fourth-order valence-corrected chi connectivity index (χ4v) is 4.84. The van der Waals surface area contributed by atoms with Crippen LogP contribution in [0.1, 0.15) is 50.3 Å². The summed E-state index contributed by atoms with van der Waals surface area (Å²) in [6.45, 7) is 5.83. The van der Waals surface area contributed by atoms with Crippen molar-refractivity contribution in [3.05, 3.63) is 22.4 Å². The van der Waals surface area contributed by atoms with Crippen molar-refractivity contribution in [2.45, 2.75) is 64.1 Å². The number of hydrogen-bond donors (Lipinski definition) is 2. The molecule has 1 aromatic rings. The summed E-state index contributed by atoms with van der Waals surface area (Å²) in [6, 6.07) is 5.35. The van der Waals surface area contributed by atoms with E-state index in [-0.39, 0.29) is 36.4 Å². The number of halogens is 1. The Hall–Kier alpha value is -0.870. The number of piperidine rings is 1. The van der Waals surface area contributed by atoms with E-state index in [9.17, 15) is 4.79 Å². The lowest BCUT2D eigenvalue weighted by Crippen LogP contribution is -2.48. The van der Waals surface area contributed by atoms with Gasteiger partial charge in [0.25, 0.3) is 0 Å². The number of carbonyl (C=O) groups excluding carboxylic acids is 1. The second kappa shape index (κ2) is 12.9. The maximum absolute atomic E-state index is 12.0. The fourth-order valence-electron chi connectivity index (χ4n) is 4.20. The van der Waals surface area contributed by atoms with E-state index in [0.717, 1.165) is 37.3 Å². The van der Waals surface area contributed by atoms with E-state index < -0.39 is 0 Å². The molecule has 1 aliphatic heterocycles. The highest BCUT2D eigenvalue weighted by atomic mass is 127. The van der Waals surface area contributed by atoms with Crippen LogP contribution in [0.25, 0.3) is 0 Å². The largest absolute Gasteiger partial charge is 0.354 e. The summed E-state index contributed by atoms with van der Waals surface area (Å²) in [6.07, 6.45) is 7.53. The molecule has 0 atom stereocenters. The zero-order valence-corrected chi connectivity index (χ0v) is 21.7. The van der Waals surface area contributed by atoms with Crippen LogP contribution in [0, 0.1) is 5.92 Å². The van der Waals surface area contributed by atoms with E-state index in [1.165, 1.54) is 43.6 Å². The average Bonchev–Trinajstić information content (AvgIpc) is 3.24. The van der Waals surface area contributed by atoms with Crippen LogP contribution < -0.4 is 10.6 Å². The van der Waals surface area contributed by atoms with Crippen LogP contribution in [0.2, 0.25) is 0 Å². The maximum atomic E-state index is 12.0. The molecule has 2 N–H and O–H groups in total. The number of amides is 1. The van der Waals surface area contributed by atoms with Crippen molar-refractivity contribution in [1.29, 1.82) is 0 Å². The summed E-state index contributed by atoms with van der Waals surface area (Å²) in [4.78, 5) is 22.1. The molecule has 2 fully saturated rings. The summed E-state index contributed by atoms with van der Waals surface area (Å²) >= 11 is 1.73. The summed E-state index contributed by atoms with van der Waals surface area (Å²) in [5.74, 6) is 1.66. The molecule has 1 aromatic heterocycles. The lowest BCUT2D eigenvalue weighted by molar-refractivity contribution is -0.127. The van der Waals surface area contributed by atoms with Crippen molar-refractivity contribution in [2.24, 2.45) is 10.9 Å². The van der Waals surface area contributed by atoms with Gasteiger partial charge < -0.3 is 20.4 Å². The Labute approximate surface area is 202 Å². The molecule has 1 amide bonds. The molecule has 3 rings (SSSR count). The number of guanidine groups is 1. The first kappa shape index (κ1) is 25.4. The van der Waals surface area contributed by atoms with Crippen LogP contribution in [0.5, 0.6) is 0 Å². The number of carbonyl (C=O) groups is 1. The van der Waals surface area contributed by atoms with Crippen molar-refractivity contribution >= 4 is 47.2 Å². The Morgan fingerprint density at radius 2 is 1.90 bits per heavy atom. The highest BCUT2D eigenvalue weighted by Crippen LogP contribution is 2.27. The molecule has 1 aliphatic carbocycles. The van der Waals surface area contributed by atoms with E-state index in [1.807, 2.05) is 0 Å². The van der Waals surface area contributed by atoms with Crippen molar-refractivity contribution in [3.63, 3.8) is 0 Å². The minimum absolute atomic E-state index is 0. The first-order chi connectivity index (χ1) is 14.0. The lowest BCUT2D eigenvalue weighted by atomic mass is 9.88. The van der Waals surface area contributed by atoms with Gasteiger partial charge in [-0.3, -0.25) is 4.79 Å². The van der Waals surface area contributed by atoms with Crippen molar-refractivity contribution < 1.29 is 4.79 Å². The maximum Gasteiger partial charge on any atom is 0.243 e. The Morgan fingerprint density at radius 1 is 1.20 bits per heavy atom. The Balaban J connectivity index is 0.00000320. The van der Waals surface area contributed by atoms with Crippen molar-refractivity contribution in [3.8, 4) is 0 Å².